The first-order valence-electron chi connectivity index (χ1n) is 6.26. The molecule has 0 aromatic carbocycles. The van der Waals surface area contributed by atoms with Crippen LogP contribution in [0.15, 0.2) is 17.3 Å². The number of thiophene rings is 1. The fourth-order valence-electron chi connectivity index (χ4n) is 1.77. The second kappa shape index (κ2) is 6.03. The topological polar surface area (TPSA) is 51.8 Å². The quantitative estimate of drug-likeness (QED) is 0.691. The van der Waals surface area contributed by atoms with Gasteiger partial charge in [-0.05, 0) is 45.4 Å². The molecule has 0 bridgehead atoms. The summed E-state index contributed by atoms with van der Waals surface area (Å²) in [6.07, 6.45) is 0. The molecule has 5 heteroatoms. The van der Waals surface area contributed by atoms with E-state index < -0.39 is 0 Å². The lowest BCUT2D eigenvalue weighted by atomic mass is 10.2. The third kappa shape index (κ3) is 3.35. The Morgan fingerprint density at radius 3 is 2.26 bits per heavy atom. The molecule has 0 radical (unpaired) electrons. The van der Waals surface area contributed by atoms with Gasteiger partial charge < -0.3 is 5.73 Å². The van der Waals surface area contributed by atoms with Gasteiger partial charge in [-0.3, -0.25) is 0 Å². The van der Waals surface area contributed by atoms with Gasteiger partial charge in [0, 0.05) is 27.7 Å². The molecule has 0 aliphatic rings. The fourth-order valence-corrected chi connectivity index (χ4v) is 3.86. The van der Waals surface area contributed by atoms with Crippen molar-refractivity contribution in [2.24, 2.45) is 5.73 Å². The molecule has 0 aliphatic carbocycles. The predicted molar refractivity (Wildman–Crippen MR) is 83.0 cm³/mol. The Kier molecular flexibility index (Phi) is 4.60. The number of nitrogens with two attached hydrogens (primary N) is 1. The van der Waals surface area contributed by atoms with Gasteiger partial charge in [-0.15, -0.1) is 11.3 Å². The molecule has 0 amide bonds. The van der Waals surface area contributed by atoms with Crippen molar-refractivity contribution in [1.82, 2.24) is 9.97 Å². The molecule has 102 valence electrons. The SMILES string of the molecule is Cc1ccc(C(CN)Sc2nc(C)c(C)c(C)n2)s1. The lowest BCUT2D eigenvalue weighted by molar-refractivity contribution is 0.866. The van der Waals surface area contributed by atoms with Crippen LogP contribution in [0.1, 0.15) is 32.0 Å². The first kappa shape index (κ1) is 14.5. The highest BCUT2D eigenvalue weighted by atomic mass is 32.2. The Morgan fingerprint density at radius 2 is 1.79 bits per heavy atom. The van der Waals surface area contributed by atoms with E-state index in [2.05, 4.69) is 35.9 Å². The molecule has 0 saturated carbocycles. The number of thioether (sulfide) groups is 1. The Balaban J connectivity index is 2.23. The lowest BCUT2D eigenvalue weighted by Gasteiger charge is -2.13. The molecule has 2 rings (SSSR count). The lowest BCUT2D eigenvalue weighted by Crippen LogP contribution is -2.09. The van der Waals surface area contributed by atoms with E-state index in [4.69, 9.17) is 5.73 Å². The summed E-state index contributed by atoms with van der Waals surface area (Å²) in [7, 11) is 0. The Bertz CT molecular complexity index is 555. The highest BCUT2D eigenvalue weighted by molar-refractivity contribution is 7.99. The van der Waals surface area contributed by atoms with Gasteiger partial charge in [0.15, 0.2) is 5.16 Å². The fraction of sp³-hybridized carbons (Fsp3) is 0.429. The van der Waals surface area contributed by atoms with E-state index in [9.17, 15) is 0 Å². The highest BCUT2D eigenvalue weighted by Gasteiger charge is 2.16. The van der Waals surface area contributed by atoms with E-state index in [-0.39, 0.29) is 5.25 Å². The summed E-state index contributed by atoms with van der Waals surface area (Å²) >= 11 is 3.45. The number of aromatic nitrogens is 2. The number of hydrogen-bond donors (Lipinski definition) is 1. The van der Waals surface area contributed by atoms with Gasteiger partial charge in [0.1, 0.15) is 0 Å². The maximum Gasteiger partial charge on any atom is 0.188 e. The molecule has 2 N–H and O–H groups in total. The first-order valence-corrected chi connectivity index (χ1v) is 7.95. The van der Waals surface area contributed by atoms with Crippen LogP contribution in [0.5, 0.6) is 0 Å². The van der Waals surface area contributed by atoms with Gasteiger partial charge in [-0.2, -0.15) is 0 Å². The summed E-state index contributed by atoms with van der Waals surface area (Å²) < 4.78 is 0. The Labute approximate surface area is 122 Å². The molecule has 2 aromatic heterocycles. The largest absolute Gasteiger partial charge is 0.329 e. The summed E-state index contributed by atoms with van der Waals surface area (Å²) in [6, 6.07) is 4.29. The first-order chi connectivity index (χ1) is 9.01. The van der Waals surface area contributed by atoms with Crippen molar-refractivity contribution in [3.63, 3.8) is 0 Å². The number of nitrogens with zero attached hydrogens (tertiary/aromatic N) is 2. The van der Waals surface area contributed by atoms with Crippen molar-refractivity contribution < 1.29 is 0 Å². The maximum atomic E-state index is 5.90. The summed E-state index contributed by atoms with van der Waals surface area (Å²) in [5.41, 5.74) is 9.16. The monoisotopic (exact) mass is 293 g/mol. The van der Waals surface area contributed by atoms with Crippen LogP contribution in [0.4, 0.5) is 0 Å². The molecule has 2 heterocycles. The van der Waals surface area contributed by atoms with E-state index in [0.717, 1.165) is 16.5 Å². The van der Waals surface area contributed by atoms with Crippen molar-refractivity contribution in [2.75, 3.05) is 6.54 Å². The molecule has 0 fully saturated rings. The number of rotatable bonds is 4. The molecule has 3 nitrogen and oxygen atoms in total. The minimum Gasteiger partial charge on any atom is -0.329 e. The Morgan fingerprint density at radius 1 is 1.16 bits per heavy atom. The van der Waals surface area contributed by atoms with Crippen LogP contribution in [0, 0.1) is 27.7 Å². The maximum absolute atomic E-state index is 5.90. The normalized spacial score (nSPS) is 12.7. The van der Waals surface area contributed by atoms with E-state index in [1.54, 1.807) is 23.1 Å². The van der Waals surface area contributed by atoms with Crippen LogP contribution in [0.2, 0.25) is 0 Å². The van der Waals surface area contributed by atoms with E-state index in [1.165, 1.54) is 15.3 Å². The van der Waals surface area contributed by atoms with Gasteiger partial charge in [0.05, 0.1) is 5.25 Å². The number of hydrogen-bond acceptors (Lipinski definition) is 5. The predicted octanol–water partition coefficient (Wildman–Crippen LogP) is 3.56. The van der Waals surface area contributed by atoms with Gasteiger partial charge in [-0.1, -0.05) is 11.8 Å². The molecule has 2 aromatic rings. The van der Waals surface area contributed by atoms with Gasteiger partial charge >= 0.3 is 0 Å². The summed E-state index contributed by atoms with van der Waals surface area (Å²) in [5.74, 6) is 0. The van der Waals surface area contributed by atoms with Crippen molar-refractivity contribution in [3.05, 3.63) is 38.8 Å². The molecule has 19 heavy (non-hydrogen) atoms. The minimum atomic E-state index is 0.236. The van der Waals surface area contributed by atoms with Crippen LogP contribution in [-0.4, -0.2) is 16.5 Å². The zero-order chi connectivity index (χ0) is 14.0. The summed E-state index contributed by atoms with van der Waals surface area (Å²) in [4.78, 5) is 11.7. The van der Waals surface area contributed by atoms with Crippen molar-refractivity contribution in [2.45, 2.75) is 38.1 Å². The molecule has 0 aliphatic heterocycles. The van der Waals surface area contributed by atoms with E-state index in [0.29, 0.717) is 6.54 Å². The van der Waals surface area contributed by atoms with Crippen LogP contribution in [-0.2, 0) is 0 Å². The third-order valence-corrected chi connectivity index (χ3v) is 5.54. The van der Waals surface area contributed by atoms with Crippen molar-refractivity contribution >= 4 is 23.1 Å². The molecule has 1 unspecified atom stereocenters. The van der Waals surface area contributed by atoms with E-state index in [1.807, 2.05) is 13.8 Å². The van der Waals surface area contributed by atoms with Crippen LogP contribution < -0.4 is 5.73 Å². The molecule has 0 spiro atoms. The molecule has 1 atom stereocenters. The molecular formula is C14H19N3S2. The van der Waals surface area contributed by atoms with Gasteiger partial charge in [0.2, 0.25) is 0 Å². The minimum absolute atomic E-state index is 0.236. The summed E-state index contributed by atoms with van der Waals surface area (Å²) in [5, 5.41) is 1.06. The van der Waals surface area contributed by atoms with Gasteiger partial charge in [0.25, 0.3) is 0 Å². The zero-order valence-corrected chi connectivity index (χ0v) is 13.4. The van der Waals surface area contributed by atoms with Crippen LogP contribution >= 0.6 is 23.1 Å². The molecule has 0 saturated heterocycles. The zero-order valence-electron chi connectivity index (χ0n) is 11.7. The number of aryl methyl sites for hydroxylation is 3. The summed E-state index contributed by atoms with van der Waals surface area (Å²) in [6.45, 7) is 8.83. The van der Waals surface area contributed by atoms with Gasteiger partial charge in [-0.25, -0.2) is 9.97 Å². The average Bonchev–Trinajstić information content (AvgIpc) is 2.79. The highest BCUT2D eigenvalue weighted by Crippen LogP contribution is 2.36. The third-order valence-electron chi connectivity index (χ3n) is 3.15. The Hall–Kier alpha value is -0.910. The second-order valence-electron chi connectivity index (χ2n) is 4.59. The average molecular weight is 293 g/mol. The van der Waals surface area contributed by atoms with Crippen LogP contribution in [0.3, 0.4) is 0 Å². The van der Waals surface area contributed by atoms with Crippen molar-refractivity contribution in [3.8, 4) is 0 Å². The molecular weight excluding hydrogens is 274 g/mol. The van der Waals surface area contributed by atoms with Crippen molar-refractivity contribution in [1.29, 1.82) is 0 Å². The smallest absolute Gasteiger partial charge is 0.188 e. The van der Waals surface area contributed by atoms with Crippen LogP contribution in [0.25, 0.3) is 0 Å². The second-order valence-corrected chi connectivity index (χ2v) is 7.08. The van der Waals surface area contributed by atoms with E-state index >= 15 is 0 Å². The standard InChI is InChI=1S/C14H19N3S2/c1-8-5-6-12(18-8)13(7-15)19-14-16-10(3)9(2)11(4)17-14/h5-6,13H,7,15H2,1-4H3.